The molecule has 0 aromatic rings. The molecule has 1 N–H and O–H groups in total. The molecular formula is C6H14NOPS2. The monoisotopic (exact) mass is 211 g/mol. The Labute approximate surface area is 77.4 Å². The molecule has 0 saturated carbocycles. The predicted molar refractivity (Wildman–Crippen MR) is 55.6 cm³/mol. The molecule has 1 aliphatic rings. The molecule has 0 spiro atoms. The first-order valence-corrected chi connectivity index (χ1v) is 8.22. The topological polar surface area (TPSA) is 21.3 Å². The van der Waals surface area contributed by atoms with E-state index in [1.54, 1.807) is 11.4 Å². The number of rotatable bonds is 3. The molecule has 1 aliphatic heterocycles. The average Bonchev–Trinajstić information content (AvgIpc) is 2.03. The SMILES string of the molecule is CCCS[P@]1(=S)NCCCO1. The van der Waals surface area contributed by atoms with E-state index < -0.39 is 5.62 Å². The van der Waals surface area contributed by atoms with Gasteiger partial charge in [-0.1, -0.05) is 18.3 Å². The highest BCUT2D eigenvalue weighted by Gasteiger charge is 2.20. The third-order valence-electron chi connectivity index (χ3n) is 1.35. The van der Waals surface area contributed by atoms with Gasteiger partial charge in [0.2, 0.25) is 0 Å². The van der Waals surface area contributed by atoms with Crippen molar-refractivity contribution in [3.8, 4) is 0 Å². The lowest BCUT2D eigenvalue weighted by Gasteiger charge is -2.26. The minimum absolute atomic E-state index is 0.848. The van der Waals surface area contributed by atoms with E-state index in [1.807, 2.05) is 0 Å². The van der Waals surface area contributed by atoms with Gasteiger partial charge in [-0.25, -0.2) is 0 Å². The summed E-state index contributed by atoms with van der Waals surface area (Å²) >= 11 is 7.15. The van der Waals surface area contributed by atoms with E-state index >= 15 is 0 Å². The van der Waals surface area contributed by atoms with Gasteiger partial charge in [-0.15, -0.1) is 0 Å². The van der Waals surface area contributed by atoms with Crippen molar-refractivity contribution in [1.82, 2.24) is 5.09 Å². The van der Waals surface area contributed by atoms with Crippen molar-refractivity contribution in [1.29, 1.82) is 0 Å². The molecule has 1 heterocycles. The van der Waals surface area contributed by atoms with E-state index in [0.29, 0.717) is 0 Å². The zero-order valence-corrected chi connectivity index (χ0v) is 9.23. The van der Waals surface area contributed by atoms with Gasteiger partial charge in [-0.2, -0.15) is 0 Å². The summed E-state index contributed by atoms with van der Waals surface area (Å²) in [5.41, 5.74) is -1.63. The van der Waals surface area contributed by atoms with Gasteiger partial charge in [0.05, 0.1) is 6.61 Å². The van der Waals surface area contributed by atoms with E-state index in [-0.39, 0.29) is 0 Å². The Morgan fingerprint density at radius 2 is 2.55 bits per heavy atom. The van der Waals surface area contributed by atoms with Crippen LogP contribution in [0, 0.1) is 0 Å². The summed E-state index contributed by atoms with van der Waals surface area (Å²) < 4.78 is 5.55. The van der Waals surface area contributed by atoms with Gasteiger partial charge in [-0.05, 0) is 24.6 Å². The first-order valence-electron chi connectivity index (χ1n) is 3.91. The van der Waals surface area contributed by atoms with Gasteiger partial charge in [0.1, 0.15) is 0 Å². The summed E-state index contributed by atoms with van der Waals surface area (Å²) in [6.07, 6.45) is 2.28. The first-order chi connectivity index (χ1) is 5.27. The third-order valence-corrected chi connectivity index (χ3v) is 7.34. The lowest BCUT2D eigenvalue weighted by Crippen LogP contribution is -2.19. The predicted octanol–water partition coefficient (Wildman–Crippen LogP) is 2.36. The molecule has 1 atom stereocenters. The highest BCUT2D eigenvalue weighted by atomic mass is 32.9. The molecule has 2 nitrogen and oxygen atoms in total. The van der Waals surface area contributed by atoms with Crippen molar-refractivity contribution in [2.24, 2.45) is 0 Å². The van der Waals surface area contributed by atoms with Gasteiger partial charge < -0.3 is 4.52 Å². The Morgan fingerprint density at radius 1 is 1.73 bits per heavy atom. The molecule has 0 aliphatic carbocycles. The van der Waals surface area contributed by atoms with E-state index in [9.17, 15) is 0 Å². The van der Waals surface area contributed by atoms with Crippen molar-refractivity contribution in [3.05, 3.63) is 0 Å². The fourth-order valence-corrected chi connectivity index (χ4v) is 5.73. The third kappa shape index (κ3) is 3.43. The Kier molecular flexibility index (Phi) is 4.39. The van der Waals surface area contributed by atoms with Crippen LogP contribution in [0.25, 0.3) is 0 Å². The van der Waals surface area contributed by atoms with Crippen LogP contribution in [0.15, 0.2) is 0 Å². The zero-order valence-electron chi connectivity index (χ0n) is 6.71. The summed E-state index contributed by atoms with van der Waals surface area (Å²) in [7, 11) is 0. The molecule has 5 heteroatoms. The van der Waals surface area contributed by atoms with Crippen molar-refractivity contribution >= 4 is 28.8 Å². The van der Waals surface area contributed by atoms with Crippen molar-refractivity contribution in [2.45, 2.75) is 19.8 Å². The van der Waals surface area contributed by atoms with Gasteiger partial charge in [-0.3, -0.25) is 5.09 Å². The van der Waals surface area contributed by atoms with Crippen LogP contribution < -0.4 is 5.09 Å². The van der Waals surface area contributed by atoms with Crippen molar-refractivity contribution in [2.75, 3.05) is 18.9 Å². The average molecular weight is 211 g/mol. The number of hydrogen-bond acceptors (Lipinski definition) is 3. The number of nitrogens with one attached hydrogen (secondary N) is 1. The van der Waals surface area contributed by atoms with E-state index in [1.165, 1.54) is 6.42 Å². The zero-order chi connectivity index (χ0) is 8.16. The Bertz CT molecular complexity index is 155. The smallest absolute Gasteiger partial charge is 0.185 e. The molecule has 1 fully saturated rings. The molecule has 0 bridgehead atoms. The molecule has 66 valence electrons. The fourth-order valence-electron chi connectivity index (χ4n) is 0.813. The fraction of sp³-hybridized carbons (Fsp3) is 1.00. The summed E-state index contributed by atoms with van der Waals surface area (Å²) in [6.45, 7) is 4.05. The molecule has 0 radical (unpaired) electrons. The second kappa shape index (κ2) is 4.83. The molecule has 0 unspecified atom stereocenters. The summed E-state index contributed by atoms with van der Waals surface area (Å²) in [6, 6.07) is 0. The van der Waals surface area contributed by atoms with Crippen LogP contribution in [0.4, 0.5) is 0 Å². The van der Waals surface area contributed by atoms with Crippen LogP contribution >= 0.6 is 17.0 Å². The van der Waals surface area contributed by atoms with E-state index in [2.05, 4.69) is 12.0 Å². The van der Waals surface area contributed by atoms with Gasteiger partial charge in [0.15, 0.2) is 5.62 Å². The van der Waals surface area contributed by atoms with Crippen LogP contribution in [0.3, 0.4) is 0 Å². The van der Waals surface area contributed by atoms with E-state index in [0.717, 1.165) is 25.3 Å². The maximum Gasteiger partial charge on any atom is 0.185 e. The lowest BCUT2D eigenvalue weighted by atomic mass is 10.5. The second-order valence-corrected chi connectivity index (χ2v) is 9.21. The van der Waals surface area contributed by atoms with E-state index in [4.69, 9.17) is 16.3 Å². The summed E-state index contributed by atoms with van der Waals surface area (Å²) in [5.74, 6) is 1.12. The quantitative estimate of drug-likeness (QED) is 0.723. The molecule has 11 heavy (non-hydrogen) atoms. The Morgan fingerprint density at radius 3 is 3.09 bits per heavy atom. The minimum Gasteiger partial charge on any atom is -0.330 e. The highest BCUT2D eigenvalue weighted by molar-refractivity contribution is 8.68. The molecule has 1 saturated heterocycles. The van der Waals surface area contributed by atoms with Crippen LogP contribution in [-0.2, 0) is 16.3 Å². The largest absolute Gasteiger partial charge is 0.330 e. The maximum absolute atomic E-state index is 5.55. The van der Waals surface area contributed by atoms with Crippen LogP contribution in [-0.4, -0.2) is 18.9 Å². The standard InChI is InChI=1S/C6H14NOPS2/c1-2-6-11-9(10)7-4-3-5-8-9/h2-6H2,1H3,(H,7,10)/t9-/m1/s1. The molecule has 0 amide bonds. The summed E-state index contributed by atoms with van der Waals surface area (Å²) in [4.78, 5) is 0. The Balaban J connectivity index is 2.32. The second-order valence-electron chi connectivity index (χ2n) is 2.43. The van der Waals surface area contributed by atoms with Gasteiger partial charge >= 0.3 is 0 Å². The van der Waals surface area contributed by atoms with Crippen LogP contribution in [0.2, 0.25) is 0 Å². The molecule has 0 aromatic heterocycles. The van der Waals surface area contributed by atoms with Crippen LogP contribution in [0.1, 0.15) is 19.8 Å². The van der Waals surface area contributed by atoms with Crippen molar-refractivity contribution in [3.63, 3.8) is 0 Å². The Hall–Kier alpha value is 0.920. The van der Waals surface area contributed by atoms with Gasteiger partial charge in [0, 0.05) is 12.3 Å². The molecular weight excluding hydrogens is 197 g/mol. The normalized spacial score (nSPS) is 32.1. The lowest BCUT2D eigenvalue weighted by molar-refractivity contribution is 0.324. The minimum atomic E-state index is -1.63. The molecule has 0 aromatic carbocycles. The highest BCUT2D eigenvalue weighted by Crippen LogP contribution is 2.57. The molecule has 1 rings (SSSR count). The maximum atomic E-state index is 5.55. The first kappa shape index (κ1) is 10.0. The number of hydrogen-bond donors (Lipinski definition) is 1. The van der Waals surface area contributed by atoms with Crippen molar-refractivity contribution < 1.29 is 4.52 Å². The summed E-state index contributed by atoms with van der Waals surface area (Å²) in [5, 5.41) is 3.30. The van der Waals surface area contributed by atoms with Gasteiger partial charge in [0.25, 0.3) is 0 Å². The van der Waals surface area contributed by atoms with Crippen LogP contribution in [0.5, 0.6) is 0 Å².